The second-order valence-corrected chi connectivity index (χ2v) is 6.13. The zero-order valence-corrected chi connectivity index (χ0v) is 13.8. The topological polar surface area (TPSA) is 45.7 Å². The molecule has 0 bridgehead atoms. The van der Waals surface area contributed by atoms with Crippen LogP contribution in [0.25, 0.3) is 0 Å². The average Bonchev–Trinajstić information content (AvgIpc) is 2.93. The molecular formula is C16H20FN3OS. The van der Waals surface area contributed by atoms with Crippen molar-refractivity contribution in [3.63, 3.8) is 0 Å². The average molecular weight is 321 g/mol. The highest BCUT2D eigenvalue weighted by molar-refractivity contribution is 7.11. The number of aryl methyl sites for hydroxylation is 1. The number of guanidine groups is 1. The maximum Gasteiger partial charge on any atom is 0.191 e. The quantitative estimate of drug-likeness (QED) is 0.657. The van der Waals surface area contributed by atoms with Gasteiger partial charge in [0, 0.05) is 23.3 Å². The van der Waals surface area contributed by atoms with Gasteiger partial charge in [-0.25, -0.2) is 4.39 Å². The van der Waals surface area contributed by atoms with Crippen LogP contribution in [0.15, 0.2) is 35.3 Å². The van der Waals surface area contributed by atoms with E-state index in [2.05, 4.69) is 34.7 Å². The normalized spacial score (nSPS) is 11.4. The van der Waals surface area contributed by atoms with Gasteiger partial charge in [0.15, 0.2) is 17.5 Å². The fourth-order valence-electron chi connectivity index (χ4n) is 1.98. The smallest absolute Gasteiger partial charge is 0.191 e. The van der Waals surface area contributed by atoms with Crippen LogP contribution < -0.4 is 15.4 Å². The Morgan fingerprint density at radius 3 is 2.59 bits per heavy atom. The minimum atomic E-state index is -0.362. The standard InChI is InChI=1S/C16H20FN3OS/c1-11-4-6-13(22-11)10-20-16(18-2)19-9-12-5-7-15(21-3)14(17)8-12/h4-8H,9-10H2,1-3H3,(H2,18,19,20). The molecule has 0 radical (unpaired) electrons. The third-order valence-corrected chi connectivity index (χ3v) is 4.13. The summed E-state index contributed by atoms with van der Waals surface area (Å²) < 4.78 is 18.5. The van der Waals surface area contributed by atoms with Crippen molar-refractivity contribution < 1.29 is 9.13 Å². The van der Waals surface area contributed by atoms with Gasteiger partial charge in [-0.15, -0.1) is 11.3 Å². The molecule has 0 aliphatic carbocycles. The monoisotopic (exact) mass is 321 g/mol. The van der Waals surface area contributed by atoms with Gasteiger partial charge in [0.25, 0.3) is 0 Å². The third kappa shape index (κ3) is 4.46. The van der Waals surface area contributed by atoms with Crippen molar-refractivity contribution in [3.8, 4) is 5.75 Å². The molecular weight excluding hydrogens is 301 g/mol. The van der Waals surface area contributed by atoms with Crippen LogP contribution in [-0.4, -0.2) is 20.1 Å². The summed E-state index contributed by atoms with van der Waals surface area (Å²) in [5.41, 5.74) is 0.827. The first-order valence-electron chi connectivity index (χ1n) is 6.94. The number of benzene rings is 1. The molecule has 2 aromatic rings. The molecule has 0 aliphatic rings. The Labute approximate surface area is 134 Å². The summed E-state index contributed by atoms with van der Waals surface area (Å²) in [5, 5.41) is 6.40. The van der Waals surface area contributed by atoms with E-state index in [4.69, 9.17) is 4.74 Å². The number of hydrogen-bond acceptors (Lipinski definition) is 3. The van der Waals surface area contributed by atoms with Crippen molar-refractivity contribution in [1.82, 2.24) is 10.6 Å². The summed E-state index contributed by atoms with van der Waals surface area (Å²) in [5.74, 6) is 0.570. The van der Waals surface area contributed by atoms with Crippen molar-refractivity contribution in [3.05, 3.63) is 51.5 Å². The Balaban J connectivity index is 1.87. The Morgan fingerprint density at radius 1 is 1.23 bits per heavy atom. The van der Waals surface area contributed by atoms with E-state index in [9.17, 15) is 4.39 Å². The number of methoxy groups -OCH3 is 1. The lowest BCUT2D eigenvalue weighted by atomic mass is 10.2. The van der Waals surface area contributed by atoms with Crippen LogP contribution in [0.3, 0.4) is 0 Å². The van der Waals surface area contributed by atoms with Gasteiger partial charge in [-0.2, -0.15) is 0 Å². The van der Waals surface area contributed by atoms with Gasteiger partial charge in [-0.1, -0.05) is 6.07 Å². The summed E-state index contributed by atoms with van der Waals surface area (Å²) in [6, 6.07) is 9.10. The highest BCUT2D eigenvalue weighted by Gasteiger charge is 2.05. The molecule has 22 heavy (non-hydrogen) atoms. The minimum Gasteiger partial charge on any atom is -0.494 e. The molecule has 0 amide bonds. The van der Waals surface area contributed by atoms with Crippen LogP contribution in [-0.2, 0) is 13.1 Å². The van der Waals surface area contributed by atoms with Gasteiger partial charge in [0.1, 0.15) is 0 Å². The summed E-state index contributed by atoms with van der Waals surface area (Å²) >= 11 is 1.75. The molecule has 0 atom stereocenters. The molecule has 4 nitrogen and oxygen atoms in total. The summed E-state index contributed by atoms with van der Waals surface area (Å²) in [6.45, 7) is 3.29. The van der Waals surface area contributed by atoms with Crippen LogP contribution in [0.5, 0.6) is 5.75 Å². The van der Waals surface area contributed by atoms with E-state index in [-0.39, 0.29) is 11.6 Å². The van der Waals surface area contributed by atoms with E-state index >= 15 is 0 Å². The predicted octanol–water partition coefficient (Wildman–Crippen LogP) is 3.07. The van der Waals surface area contributed by atoms with E-state index in [0.29, 0.717) is 12.5 Å². The van der Waals surface area contributed by atoms with E-state index in [0.717, 1.165) is 12.1 Å². The second-order valence-electron chi connectivity index (χ2n) is 4.76. The molecule has 1 heterocycles. The summed E-state index contributed by atoms with van der Waals surface area (Å²) in [6.07, 6.45) is 0. The first-order chi connectivity index (χ1) is 10.6. The number of aliphatic imine (C=N–C) groups is 1. The molecule has 0 aliphatic heterocycles. The summed E-state index contributed by atoms with van der Waals surface area (Å²) in [4.78, 5) is 6.69. The number of halogens is 1. The lowest BCUT2D eigenvalue weighted by Gasteiger charge is -2.12. The first kappa shape index (κ1) is 16.3. The molecule has 2 N–H and O–H groups in total. The number of nitrogens with one attached hydrogen (secondary N) is 2. The molecule has 2 rings (SSSR count). The zero-order chi connectivity index (χ0) is 15.9. The van der Waals surface area contributed by atoms with Gasteiger partial charge >= 0.3 is 0 Å². The number of nitrogens with zero attached hydrogens (tertiary/aromatic N) is 1. The Bertz CT molecular complexity index is 655. The van der Waals surface area contributed by atoms with Crippen LogP contribution in [0.1, 0.15) is 15.3 Å². The maximum atomic E-state index is 13.6. The van der Waals surface area contributed by atoms with E-state index in [1.165, 1.54) is 22.9 Å². The third-order valence-electron chi connectivity index (χ3n) is 3.13. The molecule has 118 valence electrons. The van der Waals surface area contributed by atoms with Gasteiger partial charge < -0.3 is 15.4 Å². The van der Waals surface area contributed by atoms with Crippen molar-refractivity contribution in [2.75, 3.05) is 14.2 Å². The zero-order valence-electron chi connectivity index (χ0n) is 12.9. The molecule has 1 aromatic carbocycles. The molecule has 1 aromatic heterocycles. The van der Waals surface area contributed by atoms with Crippen LogP contribution in [0.2, 0.25) is 0 Å². The summed E-state index contributed by atoms with van der Waals surface area (Å²) in [7, 11) is 3.16. The molecule has 6 heteroatoms. The Kier molecular flexibility index (Phi) is 5.77. The highest BCUT2D eigenvalue weighted by atomic mass is 32.1. The van der Waals surface area contributed by atoms with Crippen molar-refractivity contribution in [1.29, 1.82) is 0 Å². The Morgan fingerprint density at radius 2 is 2.00 bits per heavy atom. The second kappa shape index (κ2) is 7.79. The van der Waals surface area contributed by atoms with Crippen LogP contribution in [0.4, 0.5) is 4.39 Å². The fraction of sp³-hybridized carbons (Fsp3) is 0.312. The largest absolute Gasteiger partial charge is 0.494 e. The minimum absolute atomic E-state index is 0.249. The van der Waals surface area contributed by atoms with Gasteiger partial charge in [0.05, 0.1) is 13.7 Å². The lowest BCUT2D eigenvalue weighted by molar-refractivity contribution is 0.386. The fourth-order valence-corrected chi connectivity index (χ4v) is 2.81. The number of hydrogen-bond donors (Lipinski definition) is 2. The van der Waals surface area contributed by atoms with Crippen molar-refractivity contribution >= 4 is 17.3 Å². The van der Waals surface area contributed by atoms with E-state index in [1.54, 1.807) is 24.5 Å². The predicted molar refractivity (Wildman–Crippen MR) is 89.0 cm³/mol. The molecule has 0 saturated heterocycles. The highest BCUT2D eigenvalue weighted by Crippen LogP contribution is 2.17. The Hall–Kier alpha value is -2.08. The van der Waals surface area contributed by atoms with Gasteiger partial charge in [0.2, 0.25) is 0 Å². The van der Waals surface area contributed by atoms with Gasteiger partial charge in [-0.05, 0) is 36.8 Å². The maximum absolute atomic E-state index is 13.6. The number of rotatable bonds is 5. The molecule has 0 spiro atoms. The lowest BCUT2D eigenvalue weighted by Crippen LogP contribution is -2.36. The van der Waals surface area contributed by atoms with Crippen molar-refractivity contribution in [2.45, 2.75) is 20.0 Å². The van der Waals surface area contributed by atoms with Crippen LogP contribution in [0, 0.1) is 12.7 Å². The SMILES string of the molecule is CN=C(NCc1ccc(OC)c(F)c1)NCc1ccc(C)s1. The number of thiophene rings is 1. The molecule has 0 fully saturated rings. The first-order valence-corrected chi connectivity index (χ1v) is 7.76. The number of ether oxygens (including phenoxy) is 1. The molecule has 0 unspecified atom stereocenters. The van der Waals surface area contributed by atoms with Crippen LogP contribution >= 0.6 is 11.3 Å². The van der Waals surface area contributed by atoms with E-state index in [1.807, 2.05) is 6.07 Å². The van der Waals surface area contributed by atoms with Gasteiger partial charge in [-0.3, -0.25) is 4.99 Å². The molecule has 0 saturated carbocycles. The van der Waals surface area contributed by atoms with Crippen molar-refractivity contribution in [2.24, 2.45) is 4.99 Å². The van der Waals surface area contributed by atoms with E-state index < -0.39 is 0 Å².